The van der Waals surface area contributed by atoms with Crippen molar-refractivity contribution >= 4 is 27.2 Å². The fourth-order valence-corrected chi connectivity index (χ4v) is 5.17. The van der Waals surface area contributed by atoms with E-state index in [-0.39, 0.29) is 23.2 Å². The fourth-order valence-electron chi connectivity index (χ4n) is 3.78. The van der Waals surface area contributed by atoms with Crippen LogP contribution in [0.4, 0.5) is 13.2 Å². The quantitative estimate of drug-likeness (QED) is 0.234. The van der Waals surface area contributed by atoms with E-state index in [1.54, 1.807) is 0 Å². The van der Waals surface area contributed by atoms with Gasteiger partial charge < -0.3 is 17.9 Å². The molecule has 0 saturated heterocycles. The van der Waals surface area contributed by atoms with Crippen LogP contribution in [0.2, 0.25) is 0 Å². The number of hydrogen-bond acceptors (Lipinski definition) is 5. The summed E-state index contributed by atoms with van der Waals surface area (Å²) in [6.07, 6.45) is 2.06. The van der Waals surface area contributed by atoms with E-state index >= 15 is 0 Å². The van der Waals surface area contributed by atoms with Gasteiger partial charge >= 0.3 is 24.4 Å². The molecule has 0 saturated carbocycles. The summed E-state index contributed by atoms with van der Waals surface area (Å²) in [5.74, 6) is 0.901. The molecule has 0 N–H and O–H groups in total. The fraction of sp³-hybridized carbons (Fsp3) is 0.407. The first kappa shape index (κ1) is 31.9. The maximum atomic E-state index is 12.2. The number of carbonyl (C=O) groups excluding carboxylic acids is 1. The van der Waals surface area contributed by atoms with Crippen molar-refractivity contribution < 1.29 is 47.1 Å². The Morgan fingerprint density at radius 2 is 1.67 bits per heavy atom. The van der Waals surface area contributed by atoms with Crippen LogP contribution in [0.1, 0.15) is 63.5 Å². The minimum absolute atomic E-state index is 0.0196. The molecule has 9 heteroatoms. The van der Waals surface area contributed by atoms with Crippen molar-refractivity contribution in [1.29, 1.82) is 0 Å². The second-order valence-electron chi connectivity index (χ2n) is 9.08. The summed E-state index contributed by atoms with van der Waals surface area (Å²) < 4.78 is 52.9. The topological polar surface area (TPSA) is 60.4 Å². The third-order valence-corrected chi connectivity index (χ3v) is 7.28. The molecule has 0 aliphatic heterocycles. The molecule has 0 aliphatic rings. The molecular weight excluding hydrogens is 668 g/mol. The van der Waals surface area contributed by atoms with E-state index in [9.17, 15) is 18.0 Å². The van der Waals surface area contributed by atoms with Gasteiger partial charge in [0.25, 0.3) is 0 Å². The van der Waals surface area contributed by atoms with Crippen molar-refractivity contribution in [1.82, 2.24) is 0 Å². The van der Waals surface area contributed by atoms with Crippen molar-refractivity contribution in [2.45, 2.75) is 59.8 Å². The molecule has 0 radical (unpaired) electrons. The van der Waals surface area contributed by atoms with Crippen LogP contribution in [0.25, 0.3) is 10.1 Å². The molecule has 0 aliphatic carbocycles. The first-order chi connectivity index (χ1) is 16.9. The first-order valence-electron chi connectivity index (χ1n) is 11.2. The molecule has 3 rings (SSSR count). The third-order valence-electron chi connectivity index (χ3n) is 5.96. The Labute approximate surface area is 222 Å². The van der Waals surface area contributed by atoms with Gasteiger partial charge in [-0.3, -0.25) is 4.79 Å². The first-order valence-corrected chi connectivity index (χ1v) is 14.1. The molecule has 0 fully saturated rings. The average Bonchev–Trinajstić information content (AvgIpc) is 3.23. The summed E-state index contributed by atoms with van der Waals surface area (Å²) in [4.78, 5) is 13.6. The molecule has 3 aromatic rings. The van der Waals surface area contributed by atoms with E-state index in [1.807, 2.05) is 44.2 Å². The number of benzene rings is 2. The SMILES string of the molecule is CCC(CC)(c1ccc(OCC(=O)C(C)(C)C)c(C)c1)c1cc2c[c-]ccc2s1.F[C-](F)F.[O]=[Os]=[O]. The van der Waals surface area contributed by atoms with Crippen LogP contribution >= 0.6 is 11.3 Å². The maximum absolute atomic E-state index is 12.2. The Bertz CT molecular complexity index is 1130. The number of ether oxygens (including phenoxy) is 1. The summed E-state index contributed by atoms with van der Waals surface area (Å²) in [6.45, 7) is 9.40. The van der Waals surface area contributed by atoms with E-state index in [0.717, 1.165) is 24.2 Å². The summed E-state index contributed by atoms with van der Waals surface area (Å²) in [5.41, 5.74) is 1.98. The summed E-state index contributed by atoms with van der Waals surface area (Å²) in [6, 6.07) is 18.2. The molecule has 200 valence electrons. The Hall–Kier alpha value is -2.10. The molecule has 2 aromatic carbocycles. The molecule has 36 heavy (non-hydrogen) atoms. The molecule has 0 bridgehead atoms. The zero-order chi connectivity index (χ0) is 27.5. The summed E-state index contributed by atoms with van der Waals surface area (Å²) in [5, 5.41) is 1.26. The van der Waals surface area contributed by atoms with E-state index in [4.69, 9.17) is 11.8 Å². The normalized spacial score (nSPS) is 11.4. The Morgan fingerprint density at radius 3 is 2.14 bits per heavy atom. The van der Waals surface area contributed by atoms with Crippen LogP contribution in [0, 0.1) is 25.1 Å². The van der Waals surface area contributed by atoms with E-state index in [1.165, 1.54) is 20.5 Å². The predicted molar refractivity (Wildman–Crippen MR) is 131 cm³/mol. The van der Waals surface area contributed by atoms with Gasteiger partial charge in [-0.15, -0.1) is 5.39 Å². The van der Waals surface area contributed by atoms with E-state index in [2.05, 4.69) is 57.2 Å². The summed E-state index contributed by atoms with van der Waals surface area (Å²) >= 11 is -0.204. The van der Waals surface area contributed by atoms with Crippen LogP contribution in [0.5, 0.6) is 5.75 Å². The molecule has 0 amide bonds. The van der Waals surface area contributed by atoms with Gasteiger partial charge in [-0.2, -0.15) is 35.6 Å². The predicted octanol–water partition coefficient (Wildman–Crippen LogP) is 8.21. The molecule has 0 spiro atoms. The van der Waals surface area contributed by atoms with Gasteiger partial charge in [-0.25, -0.2) is 0 Å². The van der Waals surface area contributed by atoms with Gasteiger partial charge in [0.05, 0.1) is 0 Å². The minimum atomic E-state index is -3.08. The van der Waals surface area contributed by atoms with Crippen molar-refractivity contribution in [2.24, 2.45) is 5.41 Å². The van der Waals surface area contributed by atoms with Gasteiger partial charge in [0.15, 0.2) is 12.5 Å². The molecule has 1 aromatic heterocycles. The number of hydrogen-bond donors (Lipinski definition) is 0. The van der Waals surface area contributed by atoms with Gasteiger partial charge in [-0.05, 0) is 37.0 Å². The van der Waals surface area contributed by atoms with Crippen LogP contribution in [0.3, 0.4) is 0 Å². The zero-order valence-corrected chi connectivity index (χ0v) is 24.5. The van der Waals surface area contributed by atoms with Crippen molar-refractivity contribution in [2.75, 3.05) is 6.61 Å². The van der Waals surface area contributed by atoms with E-state index < -0.39 is 24.0 Å². The molecule has 0 atom stereocenters. The number of aryl methyl sites for hydroxylation is 1. The van der Waals surface area contributed by atoms with Crippen molar-refractivity contribution in [3.8, 4) is 5.75 Å². The molecule has 0 unspecified atom stereocenters. The number of fused-ring (bicyclic) bond motifs is 1. The number of Topliss-reactive ketones (excluding diaryl/α,β-unsaturated/α-hetero) is 1. The number of carbonyl (C=O) groups is 1. The number of ketones is 1. The number of thiophene rings is 1. The molecule has 4 nitrogen and oxygen atoms in total. The summed E-state index contributed by atoms with van der Waals surface area (Å²) in [7, 11) is 0. The van der Waals surface area contributed by atoms with Gasteiger partial charge in [0.2, 0.25) is 0 Å². The second kappa shape index (κ2) is 14.6. The Kier molecular flexibility index (Phi) is 12.9. The Morgan fingerprint density at radius 1 is 1.08 bits per heavy atom. The van der Waals surface area contributed by atoms with Crippen LogP contribution in [-0.4, -0.2) is 12.4 Å². The van der Waals surface area contributed by atoms with Crippen LogP contribution < -0.4 is 4.74 Å². The monoisotopic (exact) mass is 700 g/mol. The number of rotatable bonds is 7. The van der Waals surface area contributed by atoms with Crippen molar-refractivity contribution in [3.63, 3.8) is 0 Å². The van der Waals surface area contributed by atoms with Crippen LogP contribution in [-0.2, 0) is 34.6 Å². The third kappa shape index (κ3) is 8.78. The molecule has 1 heterocycles. The van der Waals surface area contributed by atoms with Gasteiger partial charge in [0, 0.05) is 15.7 Å². The van der Waals surface area contributed by atoms with E-state index in [0.29, 0.717) is 0 Å². The standard InChI is InChI=1S/C26H31O2S.CF3.2O.Os/c1-7-26(8-2,24-16-19-11-9-10-12-22(19)29-24)20-13-14-21(18(3)15-20)28-17-23(27)25(4,5)6;2-1(3)4;;;/h10-16H,7-8,17H2,1-6H3;;;;/q2*-1;;;. The zero-order valence-electron chi connectivity index (χ0n) is 21.2. The second-order valence-corrected chi connectivity index (χ2v) is 10.6. The van der Waals surface area contributed by atoms with Gasteiger partial charge in [0.1, 0.15) is 12.4 Å². The van der Waals surface area contributed by atoms with Crippen molar-refractivity contribution in [3.05, 3.63) is 71.2 Å². The molecular formula is C27H31F3O4OsS-2. The average molecular weight is 699 g/mol. The number of halogens is 3. The van der Waals surface area contributed by atoms with Gasteiger partial charge in [-0.1, -0.05) is 57.5 Å². The Balaban J connectivity index is 0.000000825. The van der Waals surface area contributed by atoms with Crippen LogP contribution in [0.15, 0.2) is 42.5 Å².